The summed E-state index contributed by atoms with van der Waals surface area (Å²) in [5.41, 5.74) is 2.86. The van der Waals surface area contributed by atoms with Crippen LogP contribution in [0, 0.1) is 11.3 Å². The zero-order valence-corrected chi connectivity index (χ0v) is 28.6. The maximum Gasteiger partial charge on any atom is 0.410 e. The molecule has 0 radical (unpaired) electrons. The van der Waals surface area contributed by atoms with Gasteiger partial charge in [-0.2, -0.15) is 5.26 Å². The molecule has 46 heavy (non-hydrogen) atoms. The van der Waals surface area contributed by atoms with E-state index >= 15 is 0 Å². The highest BCUT2D eigenvalue weighted by molar-refractivity contribution is 7.21. The second kappa shape index (κ2) is 14.1. The van der Waals surface area contributed by atoms with Gasteiger partial charge in [-0.1, -0.05) is 48.0 Å². The molecule has 0 atom stereocenters. The molecule has 0 bridgehead atoms. The first-order valence-electron chi connectivity index (χ1n) is 15.7. The van der Waals surface area contributed by atoms with Gasteiger partial charge in [0, 0.05) is 41.3 Å². The Bertz CT molecular complexity index is 1750. The van der Waals surface area contributed by atoms with Gasteiger partial charge < -0.3 is 19.3 Å². The van der Waals surface area contributed by atoms with E-state index in [0.29, 0.717) is 28.6 Å². The number of carbonyl (C=O) groups is 2. The molecule has 0 saturated heterocycles. The van der Waals surface area contributed by atoms with Crippen LogP contribution in [-0.2, 0) is 11.3 Å². The number of rotatable bonds is 8. The number of amides is 2. The third kappa shape index (κ3) is 7.49. The van der Waals surface area contributed by atoms with Crippen LogP contribution in [0.5, 0.6) is 5.75 Å². The summed E-state index contributed by atoms with van der Waals surface area (Å²) < 4.78 is 12.7. The van der Waals surface area contributed by atoms with Crippen LogP contribution in [0.3, 0.4) is 0 Å². The average molecular weight is 658 g/mol. The summed E-state index contributed by atoms with van der Waals surface area (Å²) in [5, 5.41) is 10.6. The second-order valence-electron chi connectivity index (χ2n) is 12.7. The van der Waals surface area contributed by atoms with Crippen molar-refractivity contribution in [1.82, 2.24) is 9.80 Å². The molecule has 1 fully saturated rings. The average Bonchev–Trinajstić information content (AvgIpc) is 3.39. The maximum absolute atomic E-state index is 14.5. The summed E-state index contributed by atoms with van der Waals surface area (Å²) in [6.07, 6.45) is 2.61. The van der Waals surface area contributed by atoms with Crippen molar-refractivity contribution < 1.29 is 19.1 Å². The molecule has 3 aromatic carbocycles. The normalized spacial score (nSPS) is 16.5. The van der Waals surface area contributed by atoms with Crippen molar-refractivity contribution >= 4 is 45.0 Å². The van der Waals surface area contributed by atoms with Crippen LogP contribution >= 0.6 is 22.9 Å². The van der Waals surface area contributed by atoms with E-state index in [9.17, 15) is 14.9 Å². The third-order valence-electron chi connectivity index (χ3n) is 8.37. The number of fused-ring (bicyclic) bond motifs is 1. The quantitative estimate of drug-likeness (QED) is 0.189. The lowest BCUT2D eigenvalue weighted by molar-refractivity contribution is 0.0144. The molecule has 0 spiro atoms. The van der Waals surface area contributed by atoms with E-state index in [4.69, 9.17) is 21.1 Å². The van der Waals surface area contributed by atoms with Gasteiger partial charge in [-0.3, -0.25) is 4.79 Å². The van der Waals surface area contributed by atoms with E-state index in [1.54, 1.807) is 24.1 Å². The zero-order valence-electron chi connectivity index (χ0n) is 27.0. The molecule has 1 aliphatic carbocycles. The van der Waals surface area contributed by atoms with Crippen molar-refractivity contribution in [2.75, 3.05) is 13.7 Å². The Kier molecular flexibility index (Phi) is 10.2. The van der Waals surface area contributed by atoms with Gasteiger partial charge in [0.15, 0.2) is 0 Å². The van der Waals surface area contributed by atoms with Gasteiger partial charge in [0.2, 0.25) is 0 Å². The topological polar surface area (TPSA) is 82.9 Å². The Morgan fingerprint density at radius 2 is 1.63 bits per heavy atom. The molecule has 9 heteroatoms. The van der Waals surface area contributed by atoms with Crippen molar-refractivity contribution in [1.29, 1.82) is 5.26 Å². The molecule has 7 nitrogen and oxygen atoms in total. The summed E-state index contributed by atoms with van der Waals surface area (Å²) in [5.74, 6) is 0.611. The molecule has 5 rings (SSSR count). The van der Waals surface area contributed by atoms with Gasteiger partial charge in [-0.05, 0) is 94.8 Å². The molecule has 240 valence electrons. The van der Waals surface area contributed by atoms with Crippen LogP contribution in [0.4, 0.5) is 4.79 Å². The molecule has 1 saturated carbocycles. The van der Waals surface area contributed by atoms with Crippen molar-refractivity contribution in [3.8, 4) is 22.9 Å². The number of nitriles is 1. The van der Waals surface area contributed by atoms with E-state index < -0.39 is 5.60 Å². The van der Waals surface area contributed by atoms with Crippen molar-refractivity contribution in [3.63, 3.8) is 0 Å². The summed E-state index contributed by atoms with van der Waals surface area (Å²) in [7, 11) is 1.79. The van der Waals surface area contributed by atoms with Crippen LogP contribution in [0.15, 0.2) is 66.7 Å². The largest absolute Gasteiger partial charge is 0.494 e. The first-order chi connectivity index (χ1) is 22.0. The smallest absolute Gasteiger partial charge is 0.410 e. The minimum absolute atomic E-state index is 0.0228. The number of benzene rings is 3. The molecule has 1 heterocycles. The predicted octanol–water partition coefficient (Wildman–Crippen LogP) is 9.31. The Morgan fingerprint density at radius 1 is 0.978 bits per heavy atom. The summed E-state index contributed by atoms with van der Waals surface area (Å²) in [4.78, 5) is 31.5. The number of hydrogen-bond acceptors (Lipinski definition) is 6. The van der Waals surface area contributed by atoms with Crippen molar-refractivity contribution in [2.45, 2.75) is 77.6 Å². The Labute approximate surface area is 280 Å². The minimum Gasteiger partial charge on any atom is -0.494 e. The summed E-state index contributed by atoms with van der Waals surface area (Å²) in [6, 6.07) is 23.4. The number of hydrogen-bond donors (Lipinski definition) is 0. The number of ether oxygens (including phenoxy) is 2. The fourth-order valence-electron chi connectivity index (χ4n) is 5.99. The summed E-state index contributed by atoms with van der Waals surface area (Å²) in [6.45, 7) is 8.36. The van der Waals surface area contributed by atoms with Gasteiger partial charge >= 0.3 is 6.09 Å². The Balaban J connectivity index is 1.47. The number of halogens is 1. The van der Waals surface area contributed by atoms with E-state index in [2.05, 4.69) is 12.1 Å². The molecular formula is C37H40ClN3O4S. The highest BCUT2D eigenvalue weighted by atomic mass is 35.5. The standard InChI is InChI=1S/C37H40ClN3O4S/c1-6-44-31-20-15-26(25-13-11-24(22-39)12-14-25)21-27(31)23-41(35(42)34-33(38)30-9-7-8-10-32(30)46-34)29-18-16-28(17-19-29)40(5)36(43)45-37(2,3)4/h7-15,20-21,28-29H,6,16-19,23H2,1-5H3/t28-,29-. The molecule has 0 aliphatic heterocycles. The first-order valence-corrected chi connectivity index (χ1v) is 16.9. The highest BCUT2D eigenvalue weighted by Crippen LogP contribution is 2.39. The van der Waals surface area contributed by atoms with Crippen molar-refractivity contribution in [2.24, 2.45) is 0 Å². The third-order valence-corrected chi connectivity index (χ3v) is 10.0. The second-order valence-corrected chi connectivity index (χ2v) is 14.1. The lowest BCUT2D eigenvalue weighted by Gasteiger charge is -2.40. The van der Waals surface area contributed by atoms with Crippen LogP contribution in [0.2, 0.25) is 5.02 Å². The molecular weight excluding hydrogens is 618 g/mol. The monoisotopic (exact) mass is 657 g/mol. The predicted molar refractivity (Wildman–Crippen MR) is 185 cm³/mol. The van der Waals surface area contributed by atoms with E-state index in [-0.39, 0.29) is 24.1 Å². The molecule has 0 unspecified atom stereocenters. The molecule has 1 aromatic heterocycles. The van der Waals surface area contributed by atoms with Crippen LogP contribution in [0.1, 0.15) is 74.2 Å². The van der Waals surface area contributed by atoms with Crippen molar-refractivity contribution in [3.05, 3.63) is 87.8 Å². The first kappa shape index (κ1) is 33.3. The van der Waals surface area contributed by atoms with Gasteiger partial charge in [-0.15, -0.1) is 11.3 Å². The van der Waals surface area contributed by atoms with Gasteiger partial charge in [-0.25, -0.2) is 4.79 Å². The van der Waals surface area contributed by atoms with Gasteiger partial charge in [0.25, 0.3) is 5.91 Å². The molecule has 4 aromatic rings. The maximum atomic E-state index is 14.5. The van der Waals surface area contributed by atoms with Crippen LogP contribution < -0.4 is 4.74 Å². The number of carbonyl (C=O) groups excluding carboxylic acids is 2. The lowest BCUT2D eigenvalue weighted by Crippen LogP contribution is -2.47. The Hall–Kier alpha value is -4.06. The fraction of sp³-hybridized carbons (Fsp3) is 0.378. The molecule has 0 N–H and O–H groups in total. The summed E-state index contributed by atoms with van der Waals surface area (Å²) >= 11 is 8.28. The van der Waals surface area contributed by atoms with E-state index in [1.807, 2.05) is 81.1 Å². The number of nitrogens with zero attached hydrogens (tertiary/aromatic N) is 3. The van der Waals surface area contributed by atoms with Crippen LogP contribution in [-0.4, -0.2) is 53.1 Å². The van der Waals surface area contributed by atoms with Gasteiger partial charge in [0.1, 0.15) is 16.2 Å². The van der Waals surface area contributed by atoms with E-state index in [1.165, 1.54) is 11.3 Å². The number of thiophene rings is 1. The Morgan fingerprint density at radius 3 is 2.26 bits per heavy atom. The highest BCUT2D eigenvalue weighted by Gasteiger charge is 2.35. The SMILES string of the molecule is CCOc1ccc(-c2ccc(C#N)cc2)cc1CN(C(=O)c1sc2ccccc2c1Cl)[C@H]1CC[C@H](N(C)C(=O)OC(C)(C)C)CC1. The molecule has 2 amide bonds. The van der Waals surface area contributed by atoms with E-state index in [0.717, 1.165) is 58.2 Å². The fourth-order valence-corrected chi connectivity index (χ4v) is 7.46. The molecule has 1 aliphatic rings. The lowest BCUT2D eigenvalue weighted by atomic mass is 9.89. The zero-order chi connectivity index (χ0) is 33.0. The van der Waals surface area contributed by atoms with Gasteiger partial charge in [0.05, 0.1) is 23.3 Å². The van der Waals surface area contributed by atoms with Crippen LogP contribution in [0.25, 0.3) is 21.2 Å². The minimum atomic E-state index is -0.570.